The van der Waals surface area contributed by atoms with Gasteiger partial charge in [0.05, 0.1) is 10.6 Å². The van der Waals surface area contributed by atoms with Gasteiger partial charge < -0.3 is 4.57 Å². The van der Waals surface area contributed by atoms with Crippen molar-refractivity contribution >= 4 is 34.6 Å². The molecule has 4 nitrogen and oxygen atoms in total. The molecule has 2 aliphatic rings. The molecule has 3 aromatic carbocycles. The minimum absolute atomic E-state index is 0.0791. The van der Waals surface area contributed by atoms with Gasteiger partial charge >= 0.3 is 0 Å². The van der Waals surface area contributed by atoms with Crippen molar-refractivity contribution in [1.29, 1.82) is 0 Å². The number of hydrogen-bond donors (Lipinski definition) is 0. The number of rotatable bonds is 5. The van der Waals surface area contributed by atoms with Crippen molar-refractivity contribution < 1.29 is 4.79 Å². The molecule has 0 spiro atoms. The summed E-state index contributed by atoms with van der Waals surface area (Å²) in [6.07, 6.45) is 6.64. The third-order valence-electron chi connectivity index (χ3n) is 8.21. The highest BCUT2D eigenvalue weighted by atomic mass is 32.2. The second-order valence-electron chi connectivity index (χ2n) is 10.9. The van der Waals surface area contributed by atoms with Gasteiger partial charge in [-0.3, -0.25) is 9.69 Å². The number of carbonyl (C=O) groups is 1. The minimum atomic E-state index is 0.0791. The number of aryl methyl sites for hydroxylation is 1. The highest BCUT2D eigenvalue weighted by molar-refractivity contribution is 8.18. The number of hydrogen-bond acceptors (Lipinski definition) is 3. The molecule has 2 atom stereocenters. The summed E-state index contributed by atoms with van der Waals surface area (Å²) in [4.78, 5) is 21.6. The molecule has 0 bridgehead atoms. The average Bonchev–Trinajstić information content (AvgIpc) is 3.43. The normalized spacial score (nSPS) is 21.5. The number of amidine groups is 1. The average molecular weight is 546 g/mol. The fourth-order valence-electron chi connectivity index (χ4n) is 6.06. The summed E-state index contributed by atoms with van der Waals surface area (Å²) in [5, 5.41) is 0.798. The first-order chi connectivity index (χ1) is 19.5. The first-order valence-electron chi connectivity index (χ1n) is 14.2. The maximum atomic E-state index is 13.9. The lowest BCUT2D eigenvalue weighted by atomic mass is 9.85. The van der Waals surface area contributed by atoms with Crippen LogP contribution in [0, 0.1) is 19.8 Å². The molecule has 5 heteroatoms. The molecule has 0 N–H and O–H groups in total. The van der Waals surface area contributed by atoms with Gasteiger partial charge in [-0.2, -0.15) is 0 Å². The third-order valence-corrected chi connectivity index (χ3v) is 9.19. The number of carbonyl (C=O) groups excluding carboxylic acids is 1. The van der Waals surface area contributed by atoms with E-state index in [1.165, 1.54) is 29.3 Å². The topological polar surface area (TPSA) is 37.6 Å². The largest absolute Gasteiger partial charge is 0.318 e. The van der Waals surface area contributed by atoms with Crippen LogP contribution in [0.2, 0.25) is 0 Å². The van der Waals surface area contributed by atoms with E-state index in [0.29, 0.717) is 5.92 Å². The molecule has 1 saturated heterocycles. The first-order valence-corrected chi connectivity index (χ1v) is 15.0. The van der Waals surface area contributed by atoms with E-state index in [2.05, 4.69) is 86.0 Å². The Kier molecular flexibility index (Phi) is 7.48. The summed E-state index contributed by atoms with van der Waals surface area (Å²) in [6.45, 7) is 6.54. The Morgan fingerprint density at radius 2 is 1.50 bits per heavy atom. The Hall–Kier alpha value is -3.83. The van der Waals surface area contributed by atoms with Crippen LogP contribution < -0.4 is 0 Å². The summed E-state index contributed by atoms with van der Waals surface area (Å²) >= 11 is 1.51. The van der Waals surface area contributed by atoms with Gasteiger partial charge in [0.2, 0.25) is 0 Å². The molecule has 1 aliphatic heterocycles. The lowest BCUT2D eigenvalue weighted by Crippen LogP contribution is -2.44. The lowest BCUT2D eigenvalue weighted by Gasteiger charge is -2.35. The van der Waals surface area contributed by atoms with Gasteiger partial charge in [-0.1, -0.05) is 80.4 Å². The summed E-state index contributed by atoms with van der Waals surface area (Å²) < 4.78 is 2.27. The van der Waals surface area contributed by atoms with Crippen molar-refractivity contribution in [2.24, 2.45) is 10.9 Å². The molecule has 1 aliphatic carbocycles. The minimum Gasteiger partial charge on any atom is -0.318 e. The molecular weight excluding hydrogens is 510 g/mol. The van der Waals surface area contributed by atoms with Crippen LogP contribution in [-0.2, 0) is 4.79 Å². The molecule has 1 saturated carbocycles. The molecule has 2 heterocycles. The molecule has 0 unspecified atom stereocenters. The summed E-state index contributed by atoms with van der Waals surface area (Å²) in [7, 11) is 0. The number of aromatic nitrogens is 1. The third kappa shape index (κ3) is 5.18. The van der Waals surface area contributed by atoms with Crippen LogP contribution in [0.15, 0.2) is 101 Å². The Morgan fingerprint density at radius 3 is 2.20 bits per heavy atom. The van der Waals surface area contributed by atoms with E-state index >= 15 is 0 Å². The number of benzene rings is 3. The molecule has 1 amide bonds. The van der Waals surface area contributed by atoms with Crippen molar-refractivity contribution in [2.45, 2.75) is 52.5 Å². The quantitative estimate of drug-likeness (QED) is 0.235. The highest BCUT2D eigenvalue weighted by Crippen LogP contribution is 2.40. The monoisotopic (exact) mass is 545 g/mol. The van der Waals surface area contributed by atoms with Crippen molar-refractivity contribution in [2.75, 3.05) is 0 Å². The van der Waals surface area contributed by atoms with Gasteiger partial charge in [-0.25, -0.2) is 4.99 Å². The van der Waals surface area contributed by atoms with E-state index in [9.17, 15) is 4.79 Å². The zero-order valence-corrected chi connectivity index (χ0v) is 24.2. The van der Waals surface area contributed by atoms with Crippen molar-refractivity contribution in [3.8, 4) is 16.8 Å². The molecule has 202 valence electrons. The molecule has 1 aromatic heterocycles. The van der Waals surface area contributed by atoms with Gasteiger partial charge in [-0.05, 0) is 97.5 Å². The Labute approximate surface area is 241 Å². The van der Waals surface area contributed by atoms with Crippen LogP contribution in [0.3, 0.4) is 0 Å². The predicted octanol–water partition coefficient (Wildman–Crippen LogP) is 8.94. The Balaban J connectivity index is 1.34. The van der Waals surface area contributed by atoms with E-state index in [0.717, 1.165) is 57.7 Å². The van der Waals surface area contributed by atoms with Crippen molar-refractivity contribution in [1.82, 2.24) is 9.47 Å². The SMILES string of the molecule is Cc1cc(/C=C2\SC(=Nc3ccccc3)N([C@@H]3CCCC[C@H]3C)C2=O)c(C)n1-c1ccc(-c2ccccc2)cc1. The lowest BCUT2D eigenvalue weighted by molar-refractivity contribution is -0.124. The Bertz CT molecular complexity index is 1570. The van der Waals surface area contributed by atoms with Gasteiger partial charge in [0.25, 0.3) is 5.91 Å². The van der Waals surface area contributed by atoms with Crippen LogP contribution in [0.25, 0.3) is 22.9 Å². The summed E-state index contributed by atoms with van der Waals surface area (Å²) in [5.74, 6) is 0.540. The predicted molar refractivity (Wildman–Crippen MR) is 168 cm³/mol. The highest BCUT2D eigenvalue weighted by Gasteiger charge is 2.41. The number of aliphatic imine (C=N–C) groups is 1. The van der Waals surface area contributed by atoms with Crippen molar-refractivity contribution in [3.05, 3.63) is 113 Å². The number of para-hydroxylation sites is 1. The summed E-state index contributed by atoms with van der Waals surface area (Å²) in [6, 6.07) is 31.5. The van der Waals surface area contributed by atoms with Crippen LogP contribution in [0.5, 0.6) is 0 Å². The van der Waals surface area contributed by atoms with E-state index < -0.39 is 0 Å². The van der Waals surface area contributed by atoms with Crippen LogP contribution in [0.4, 0.5) is 5.69 Å². The van der Waals surface area contributed by atoms with Gasteiger partial charge in [-0.15, -0.1) is 0 Å². The number of nitrogens with zero attached hydrogens (tertiary/aromatic N) is 3. The van der Waals surface area contributed by atoms with Gasteiger partial charge in [0.1, 0.15) is 0 Å². The van der Waals surface area contributed by atoms with E-state index in [-0.39, 0.29) is 11.9 Å². The second kappa shape index (κ2) is 11.3. The molecule has 6 rings (SSSR count). The zero-order chi connectivity index (χ0) is 27.6. The van der Waals surface area contributed by atoms with Crippen molar-refractivity contribution in [3.63, 3.8) is 0 Å². The van der Waals surface area contributed by atoms with E-state index in [1.807, 2.05) is 41.3 Å². The number of thioether (sulfide) groups is 1. The van der Waals surface area contributed by atoms with Gasteiger partial charge in [0.15, 0.2) is 5.17 Å². The molecule has 0 radical (unpaired) electrons. The van der Waals surface area contributed by atoms with E-state index in [1.54, 1.807) is 0 Å². The molecule has 4 aromatic rings. The maximum Gasteiger partial charge on any atom is 0.267 e. The second-order valence-corrected chi connectivity index (χ2v) is 11.9. The zero-order valence-electron chi connectivity index (χ0n) is 23.4. The fraction of sp³-hybridized carbons (Fsp3) is 0.257. The molecule has 2 fully saturated rings. The molecular formula is C35H35N3OS. The van der Waals surface area contributed by atoms with Crippen LogP contribution >= 0.6 is 11.8 Å². The molecule has 40 heavy (non-hydrogen) atoms. The van der Waals surface area contributed by atoms with Gasteiger partial charge in [0, 0.05) is 23.1 Å². The standard InChI is InChI=1S/C35H35N3OS/c1-24-12-10-11-17-32(24)38-34(39)33(40-35(38)36-30-15-8-5-9-16-30)23-29-22-25(2)37(26(29)3)31-20-18-28(19-21-31)27-13-6-4-7-14-27/h4-9,13-16,18-24,32H,10-12,17H2,1-3H3/b33-23-,36-35?/t24-,32-/m1/s1. The fourth-order valence-corrected chi connectivity index (χ4v) is 7.09. The summed E-state index contributed by atoms with van der Waals surface area (Å²) in [5.41, 5.74) is 7.74. The van der Waals surface area contributed by atoms with E-state index in [4.69, 9.17) is 4.99 Å². The van der Waals surface area contributed by atoms with Crippen LogP contribution in [-0.4, -0.2) is 26.6 Å². The first kappa shape index (κ1) is 26.4. The smallest absolute Gasteiger partial charge is 0.267 e. The number of amides is 1. The Morgan fingerprint density at radius 1 is 0.850 bits per heavy atom. The van der Waals surface area contributed by atoms with Crippen LogP contribution in [0.1, 0.15) is 49.6 Å². The maximum absolute atomic E-state index is 13.9.